The van der Waals surface area contributed by atoms with Crippen molar-refractivity contribution in [3.8, 4) is 0 Å². The molecular weight excluding hydrogens is 451 g/mol. The summed E-state index contributed by atoms with van der Waals surface area (Å²) in [6, 6.07) is 6.82. The zero-order valence-corrected chi connectivity index (χ0v) is 21.6. The molecule has 3 fully saturated rings. The van der Waals surface area contributed by atoms with Crippen molar-refractivity contribution in [2.75, 3.05) is 0 Å². The van der Waals surface area contributed by atoms with Crippen molar-refractivity contribution < 1.29 is 20.1 Å². The van der Waals surface area contributed by atoms with Crippen LogP contribution in [0.5, 0.6) is 0 Å². The molecule has 1 aromatic rings. The highest BCUT2D eigenvalue weighted by Crippen LogP contribution is 2.55. The van der Waals surface area contributed by atoms with E-state index in [9.17, 15) is 14.0 Å². The zero-order chi connectivity index (χ0) is 25.6. The van der Waals surface area contributed by atoms with E-state index in [2.05, 4.69) is 37.8 Å². The Kier molecular flexibility index (Phi) is 6.89. The van der Waals surface area contributed by atoms with E-state index >= 15 is 0 Å². The van der Waals surface area contributed by atoms with Gasteiger partial charge in [0.05, 0.1) is 5.92 Å². The fraction of sp³-hybridized carbons (Fsp3) is 0.500. The van der Waals surface area contributed by atoms with Gasteiger partial charge in [0.25, 0.3) is 0 Å². The van der Waals surface area contributed by atoms with Gasteiger partial charge in [0.2, 0.25) is 0 Å². The van der Waals surface area contributed by atoms with Gasteiger partial charge in [-0.2, -0.15) is 0 Å². The summed E-state index contributed by atoms with van der Waals surface area (Å²) in [4.78, 5) is 24.7. The maximum Gasteiger partial charge on any atom is 0.309 e. The number of hydrogen-bond acceptors (Lipinski definition) is 3. The molecule has 0 N–H and O–H groups in total. The molecule has 3 nitrogen and oxygen atoms in total. The number of fused-ring (bicyclic) bond motifs is 2. The molecular formula is C32H39FO3. The van der Waals surface area contributed by atoms with Gasteiger partial charge in [-0.25, -0.2) is 4.39 Å². The molecule has 1 aliphatic heterocycles. The number of cyclic esters (lactones) is 1. The second kappa shape index (κ2) is 9.95. The number of ether oxygens (including phenoxy) is 1. The molecule has 36 heavy (non-hydrogen) atoms. The number of allylic oxidation sites excluding steroid dienone is 7. The number of ketones is 1. The second-order valence-electron chi connectivity index (χ2n) is 11.5. The molecule has 3 aliphatic carbocycles. The average molecular weight is 491 g/mol. The first-order valence-electron chi connectivity index (χ1n) is 13.5. The van der Waals surface area contributed by atoms with Crippen LogP contribution in [0.4, 0.5) is 4.39 Å². The predicted molar refractivity (Wildman–Crippen MR) is 142 cm³/mol. The number of carbonyl (C=O) groups excluding carboxylic acids is 2. The van der Waals surface area contributed by atoms with E-state index in [4.69, 9.17) is 4.74 Å². The van der Waals surface area contributed by atoms with Gasteiger partial charge in [-0.15, -0.1) is 0 Å². The van der Waals surface area contributed by atoms with Crippen LogP contribution in [-0.4, -0.2) is 17.9 Å². The molecule has 192 valence electrons. The summed E-state index contributed by atoms with van der Waals surface area (Å²) in [5.74, 6) is 1.70. The van der Waals surface area contributed by atoms with Gasteiger partial charge in [0, 0.05) is 7.34 Å². The Morgan fingerprint density at radius 1 is 1.19 bits per heavy atom. The Bertz CT molecular complexity index is 1160. The molecule has 4 aliphatic rings. The van der Waals surface area contributed by atoms with Crippen molar-refractivity contribution in [1.82, 2.24) is 0 Å². The molecule has 1 saturated heterocycles. The smallest absolute Gasteiger partial charge is 0.309 e. The Labute approximate surface area is 215 Å². The SMILES string of the molecule is C=C(C(C)=O)[C@@H]1CC[C@H]2[C@H](C1)C[C@H]1C(=O)O[C@H](C)[C@H]1[C@H]2/C=C/C1=CC=C(c2cccc(F)c2)C(C)C1.[HH]. The molecule has 0 aromatic heterocycles. The van der Waals surface area contributed by atoms with E-state index in [-0.39, 0.29) is 48.8 Å². The van der Waals surface area contributed by atoms with Crippen molar-refractivity contribution in [1.29, 1.82) is 0 Å². The second-order valence-corrected chi connectivity index (χ2v) is 11.5. The Morgan fingerprint density at radius 3 is 2.72 bits per heavy atom. The van der Waals surface area contributed by atoms with Crippen LogP contribution in [0.25, 0.3) is 5.57 Å². The number of hydrogen-bond donors (Lipinski definition) is 0. The molecule has 2 saturated carbocycles. The molecule has 1 heterocycles. The summed E-state index contributed by atoms with van der Waals surface area (Å²) in [5, 5.41) is 0. The molecule has 0 amide bonds. The van der Waals surface area contributed by atoms with E-state index in [0.29, 0.717) is 17.8 Å². The van der Waals surface area contributed by atoms with E-state index < -0.39 is 0 Å². The summed E-state index contributed by atoms with van der Waals surface area (Å²) < 4.78 is 19.5. The molecule has 5 rings (SSSR count). The first-order chi connectivity index (χ1) is 17.2. The fourth-order valence-corrected chi connectivity index (χ4v) is 7.52. The van der Waals surface area contributed by atoms with Gasteiger partial charge in [-0.1, -0.05) is 49.9 Å². The van der Waals surface area contributed by atoms with Crippen LogP contribution < -0.4 is 0 Å². The van der Waals surface area contributed by atoms with Crippen molar-refractivity contribution in [2.45, 2.75) is 59.0 Å². The van der Waals surface area contributed by atoms with E-state index in [1.165, 1.54) is 11.6 Å². The maximum absolute atomic E-state index is 13.8. The molecule has 4 heteroatoms. The summed E-state index contributed by atoms with van der Waals surface area (Å²) in [7, 11) is 0. The highest BCUT2D eigenvalue weighted by Gasteiger charge is 2.54. The van der Waals surface area contributed by atoms with Gasteiger partial charge < -0.3 is 4.74 Å². The van der Waals surface area contributed by atoms with Crippen LogP contribution in [0, 0.1) is 47.2 Å². The van der Waals surface area contributed by atoms with E-state index in [1.807, 2.05) is 13.0 Å². The number of rotatable bonds is 5. The van der Waals surface area contributed by atoms with Crippen molar-refractivity contribution >= 4 is 17.3 Å². The van der Waals surface area contributed by atoms with Gasteiger partial charge in [-0.3, -0.25) is 9.59 Å². The van der Waals surface area contributed by atoms with Gasteiger partial charge in [-0.05, 0) is 110 Å². The lowest BCUT2D eigenvalue weighted by atomic mass is 9.55. The first kappa shape index (κ1) is 24.9. The van der Waals surface area contributed by atoms with Gasteiger partial charge in [0.15, 0.2) is 5.78 Å². The Balaban J connectivity index is 0.00000320. The normalized spacial score (nSPS) is 35.9. The summed E-state index contributed by atoms with van der Waals surface area (Å²) in [6.45, 7) is 9.93. The lowest BCUT2D eigenvalue weighted by Crippen LogP contribution is -2.44. The lowest BCUT2D eigenvalue weighted by Gasteiger charge is -2.47. The quantitative estimate of drug-likeness (QED) is 0.320. The Hall–Kier alpha value is -2.75. The maximum atomic E-state index is 13.8. The summed E-state index contributed by atoms with van der Waals surface area (Å²) >= 11 is 0. The largest absolute Gasteiger partial charge is 0.462 e. The summed E-state index contributed by atoms with van der Waals surface area (Å²) in [5.41, 5.74) is 4.11. The fourth-order valence-electron chi connectivity index (χ4n) is 7.52. The highest BCUT2D eigenvalue weighted by atomic mass is 19.1. The third-order valence-corrected chi connectivity index (χ3v) is 9.33. The van der Waals surface area contributed by atoms with Crippen molar-refractivity contribution in [3.63, 3.8) is 0 Å². The number of esters is 1. The standard InChI is InChI=1S/C32H37FO3.H2/c1-18-14-22(8-11-27(18)24-6-5-7-26(33)16-24)9-12-29-28-13-10-23(19(2)20(3)34)15-25(28)17-30-31(29)21(4)36-32(30)35;/h5-9,11-12,16,18,21,23,25,28-31H,2,10,13-15,17H2,1,3-4H3;1H/b12-9+;/t18?,21-,23-,25-,28+,29+,30-,31+;/m1./s1. The predicted octanol–water partition coefficient (Wildman–Crippen LogP) is 7.35. The number of benzene rings is 1. The minimum Gasteiger partial charge on any atom is -0.462 e. The molecule has 0 bridgehead atoms. The van der Waals surface area contributed by atoms with Gasteiger partial charge in [0.1, 0.15) is 11.9 Å². The van der Waals surface area contributed by atoms with Crippen LogP contribution in [0.15, 0.2) is 66.3 Å². The van der Waals surface area contributed by atoms with Crippen molar-refractivity contribution in [2.24, 2.45) is 41.4 Å². The molecule has 1 unspecified atom stereocenters. The Morgan fingerprint density at radius 2 is 2.00 bits per heavy atom. The van der Waals surface area contributed by atoms with Crippen molar-refractivity contribution in [3.05, 3.63) is 77.7 Å². The summed E-state index contributed by atoms with van der Waals surface area (Å²) in [6.07, 6.45) is 13.6. The third kappa shape index (κ3) is 4.67. The topological polar surface area (TPSA) is 43.4 Å². The molecule has 0 radical (unpaired) electrons. The molecule has 8 atom stereocenters. The molecule has 1 aromatic carbocycles. The average Bonchev–Trinajstić information content (AvgIpc) is 3.13. The van der Waals surface area contributed by atoms with Crippen LogP contribution in [0.2, 0.25) is 0 Å². The highest BCUT2D eigenvalue weighted by molar-refractivity contribution is 5.93. The monoisotopic (exact) mass is 490 g/mol. The van der Waals surface area contributed by atoms with Crippen LogP contribution >= 0.6 is 0 Å². The lowest BCUT2D eigenvalue weighted by molar-refractivity contribution is -0.144. The molecule has 0 spiro atoms. The third-order valence-electron chi connectivity index (χ3n) is 9.33. The van der Waals surface area contributed by atoms with Crippen LogP contribution in [0.1, 0.15) is 59.9 Å². The minimum atomic E-state index is -0.208. The minimum absolute atomic E-state index is 0. The van der Waals surface area contributed by atoms with Gasteiger partial charge >= 0.3 is 5.97 Å². The van der Waals surface area contributed by atoms with Crippen LogP contribution in [0.3, 0.4) is 0 Å². The van der Waals surface area contributed by atoms with Crippen LogP contribution in [-0.2, 0) is 14.3 Å². The number of Topliss-reactive ketones (excluding diaryl/α,β-unsaturated/α-hetero) is 1. The van der Waals surface area contributed by atoms with E-state index in [0.717, 1.165) is 48.8 Å². The number of halogens is 1. The van der Waals surface area contributed by atoms with E-state index in [1.54, 1.807) is 19.1 Å². The first-order valence-corrected chi connectivity index (χ1v) is 13.5. The zero-order valence-electron chi connectivity index (χ0n) is 21.6. The number of carbonyl (C=O) groups is 2.